The van der Waals surface area contributed by atoms with Crippen LogP contribution in [0.4, 0.5) is 0 Å². The van der Waals surface area contributed by atoms with E-state index in [4.69, 9.17) is 0 Å². The molecule has 0 radical (unpaired) electrons. The van der Waals surface area contributed by atoms with E-state index in [-0.39, 0.29) is 0 Å². The maximum absolute atomic E-state index is 2.68. The highest BCUT2D eigenvalue weighted by atomic mass is 15.2. The molecule has 0 unspecified atom stereocenters. The van der Waals surface area contributed by atoms with Gasteiger partial charge in [0, 0.05) is 12.6 Å². The van der Waals surface area contributed by atoms with Gasteiger partial charge in [-0.05, 0) is 31.2 Å². The first kappa shape index (κ1) is 10.0. The normalized spacial score (nSPS) is 26.0. The number of likely N-dealkylation sites (tertiary alicyclic amines) is 1. The van der Waals surface area contributed by atoms with Gasteiger partial charge in [0.2, 0.25) is 0 Å². The molecule has 12 heavy (non-hydrogen) atoms. The summed E-state index contributed by atoms with van der Waals surface area (Å²) in [7, 11) is 0. The summed E-state index contributed by atoms with van der Waals surface area (Å²) in [5.41, 5.74) is 0. The molecule has 1 nitrogen and oxygen atoms in total. The van der Waals surface area contributed by atoms with Crippen molar-refractivity contribution >= 4 is 0 Å². The molecule has 0 aromatic rings. The first-order valence-electron chi connectivity index (χ1n) is 5.35. The Morgan fingerprint density at radius 3 is 2.42 bits per heavy atom. The molecule has 1 aliphatic heterocycles. The van der Waals surface area contributed by atoms with Crippen LogP contribution < -0.4 is 0 Å². The van der Waals surface area contributed by atoms with E-state index in [1.165, 1.54) is 25.9 Å². The summed E-state index contributed by atoms with van der Waals surface area (Å²) >= 11 is 0. The molecule has 0 saturated carbocycles. The second-order valence-corrected chi connectivity index (χ2v) is 4.84. The maximum atomic E-state index is 2.68. The van der Waals surface area contributed by atoms with Crippen molar-refractivity contribution in [3.8, 4) is 0 Å². The minimum Gasteiger partial charge on any atom is -0.300 e. The van der Waals surface area contributed by atoms with Crippen molar-refractivity contribution in [3.63, 3.8) is 0 Å². The maximum Gasteiger partial charge on any atom is 0.0119 e. The summed E-state index contributed by atoms with van der Waals surface area (Å²) in [4.78, 5) is 2.68. The average molecular weight is 169 g/mol. The summed E-state index contributed by atoms with van der Waals surface area (Å²) < 4.78 is 0. The van der Waals surface area contributed by atoms with Crippen LogP contribution in [0.25, 0.3) is 0 Å². The van der Waals surface area contributed by atoms with Gasteiger partial charge >= 0.3 is 0 Å². The van der Waals surface area contributed by atoms with Gasteiger partial charge in [-0.3, -0.25) is 4.90 Å². The van der Waals surface area contributed by atoms with Crippen LogP contribution in [0.2, 0.25) is 0 Å². The number of hydrogen-bond acceptors (Lipinski definition) is 1. The molecule has 1 fully saturated rings. The van der Waals surface area contributed by atoms with Crippen LogP contribution in [0.15, 0.2) is 0 Å². The molecule has 1 heteroatoms. The van der Waals surface area contributed by atoms with E-state index in [1.807, 2.05) is 0 Å². The van der Waals surface area contributed by atoms with Crippen molar-refractivity contribution in [2.75, 3.05) is 13.1 Å². The smallest absolute Gasteiger partial charge is 0.0119 e. The lowest BCUT2D eigenvalue weighted by atomic mass is 10.0. The monoisotopic (exact) mass is 169 g/mol. The van der Waals surface area contributed by atoms with E-state index in [2.05, 4.69) is 32.6 Å². The zero-order valence-electron chi connectivity index (χ0n) is 9.01. The van der Waals surface area contributed by atoms with Crippen molar-refractivity contribution in [1.29, 1.82) is 0 Å². The van der Waals surface area contributed by atoms with Crippen LogP contribution >= 0.6 is 0 Å². The second-order valence-electron chi connectivity index (χ2n) is 4.84. The Labute approximate surface area is 77.1 Å². The molecule has 0 amide bonds. The molecular formula is C11H23N. The Kier molecular flexibility index (Phi) is 3.57. The molecular weight excluding hydrogens is 146 g/mol. The Morgan fingerprint density at radius 1 is 1.25 bits per heavy atom. The summed E-state index contributed by atoms with van der Waals surface area (Å²) in [5.74, 6) is 1.66. The Bertz CT molecular complexity index is 129. The molecule has 1 heterocycles. The second kappa shape index (κ2) is 4.27. The molecule has 0 spiro atoms. The fourth-order valence-electron chi connectivity index (χ4n) is 2.30. The molecule has 0 aromatic carbocycles. The van der Waals surface area contributed by atoms with E-state index >= 15 is 0 Å². The van der Waals surface area contributed by atoms with Gasteiger partial charge in [0.25, 0.3) is 0 Å². The quantitative estimate of drug-likeness (QED) is 0.628. The van der Waals surface area contributed by atoms with Crippen LogP contribution in [0.3, 0.4) is 0 Å². The predicted molar refractivity (Wildman–Crippen MR) is 54.3 cm³/mol. The summed E-state index contributed by atoms with van der Waals surface area (Å²) in [5, 5.41) is 0. The van der Waals surface area contributed by atoms with Gasteiger partial charge in [-0.2, -0.15) is 0 Å². The molecule has 0 aliphatic carbocycles. The molecule has 0 N–H and O–H groups in total. The van der Waals surface area contributed by atoms with E-state index < -0.39 is 0 Å². The summed E-state index contributed by atoms with van der Waals surface area (Å²) in [6.07, 6.45) is 2.83. The minimum atomic E-state index is 0.823. The lowest BCUT2D eigenvalue weighted by molar-refractivity contribution is 0.186. The first-order chi connectivity index (χ1) is 5.61. The minimum absolute atomic E-state index is 0.823. The third kappa shape index (κ3) is 2.48. The van der Waals surface area contributed by atoms with Crippen LogP contribution in [-0.2, 0) is 0 Å². The highest BCUT2D eigenvalue weighted by Crippen LogP contribution is 2.24. The lowest BCUT2D eigenvalue weighted by Crippen LogP contribution is -2.35. The number of rotatable bonds is 3. The van der Waals surface area contributed by atoms with Crippen LogP contribution in [-0.4, -0.2) is 24.0 Å². The largest absolute Gasteiger partial charge is 0.300 e. The zero-order chi connectivity index (χ0) is 9.14. The van der Waals surface area contributed by atoms with Gasteiger partial charge < -0.3 is 0 Å². The molecule has 1 rings (SSSR count). The van der Waals surface area contributed by atoms with Gasteiger partial charge in [-0.15, -0.1) is 0 Å². The fourth-order valence-corrected chi connectivity index (χ4v) is 2.30. The van der Waals surface area contributed by atoms with Gasteiger partial charge in [-0.1, -0.05) is 27.7 Å². The Hall–Kier alpha value is -0.0400. The fraction of sp³-hybridized carbons (Fsp3) is 1.00. The van der Waals surface area contributed by atoms with Gasteiger partial charge in [0.15, 0.2) is 0 Å². The molecule has 1 aliphatic rings. The van der Waals surface area contributed by atoms with Gasteiger partial charge in [0.1, 0.15) is 0 Å². The molecule has 1 saturated heterocycles. The predicted octanol–water partition coefficient (Wildman–Crippen LogP) is 2.76. The third-order valence-corrected chi connectivity index (χ3v) is 2.78. The standard InChI is InChI=1S/C11H23N/c1-9(2)8-12-7-5-6-11(12)10(3)4/h9-11H,5-8H2,1-4H3/t11-/m0/s1. The lowest BCUT2D eigenvalue weighted by Gasteiger charge is -2.28. The highest BCUT2D eigenvalue weighted by molar-refractivity contribution is 4.81. The van der Waals surface area contributed by atoms with Crippen molar-refractivity contribution in [2.45, 2.75) is 46.6 Å². The number of hydrogen-bond donors (Lipinski definition) is 0. The topological polar surface area (TPSA) is 3.24 Å². The molecule has 72 valence electrons. The molecule has 0 aromatic heterocycles. The highest BCUT2D eigenvalue weighted by Gasteiger charge is 2.26. The van der Waals surface area contributed by atoms with E-state index in [0.29, 0.717) is 0 Å². The molecule has 1 atom stereocenters. The van der Waals surface area contributed by atoms with Crippen molar-refractivity contribution < 1.29 is 0 Å². The van der Waals surface area contributed by atoms with Crippen LogP contribution in [0.1, 0.15) is 40.5 Å². The number of nitrogens with zero attached hydrogens (tertiary/aromatic N) is 1. The Morgan fingerprint density at radius 2 is 1.92 bits per heavy atom. The third-order valence-electron chi connectivity index (χ3n) is 2.78. The zero-order valence-corrected chi connectivity index (χ0v) is 9.01. The van der Waals surface area contributed by atoms with E-state index in [9.17, 15) is 0 Å². The SMILES string of the molecule is CC(C)CN1CCC[C@H]1C(C)C. The van der Waals surface area contributed by atoms with E-state index in [1.54, 1.807) is 0 Å². The van der Waals surface area contributed by atoms with Crippen molar-refractivity contribution in [2.24, 2.45) is 11.8 Å². The van der Waals surface area contributed by atoms with Crippen molar-refractivity contribution in [3.05, 3.63) is 0 Å². The van der Waals surface area contributed by atoms with Gasteiger partial charge in [0.05, 0.1) is 0 Å². The van der Waals surface area contributed by atoms with Gasteiger partial charge in [-0.25, -0.2) is 0 Å². The summed E-state index contributed by atoms with van der Waals surface area (Å²) in [6, 6.07) is 0.868. The Balaban J connectivity index is 2.41. The summed E-state index contributed by atoms with van der Waals surface area (Å²) in [6.45, 7) is 12.0. The molecule has 0 bridgehead atoms. The van der Waals surface area contributed by atoms with Crippen LogP contribution in [0.5, 0.6) is 0 Å². The average Bonchev–Trinajstić information content (AvgIpc) is 2.33. The van der Waals surface area contributed by atoms with E-state index in [0.717, 1.165) is 17.9 Å². The van der Waals surface area contributed by atoms with Crippen molar-refractivity contribution in [1.82, 2.24) is 4.90 Å². The first-order valence-corrected chi connectivity index (χ1v) is 5.35. The van der Waals surface area contributed by atoms with Crippen LogP contribution in [0, 0.1) is 11.8 Å².